The molecule has 17 heavy (non-hydrogen) atoms. The summed E-state index contributed by atoms with van der Waals surface area (Å²) < 4.78 is 2.07. The van der Waals surface area contributed by atoms with Gasteiger partial charge in [0.1, 0.15) is 5.84 Å². The van der Waals surface area contributed by atoms with Crippen LogP contribution in [0.5, 0.6) is 0 Å². The van der Waals surface area contributed by atoms with Gasteiger partial charge < -0.3 is 16.3 Å². The van der Waals surface area contributed by atoms with Crippen LogP contribution in [0.1, 0.15) is 19.3 Å². The van der Waals surface area contributed by atoms with Crippen LogP contribution in [-0.4, -0.2) is 17.6 Å². The van der Waals surface area contributed by atoms with Gasteiger partial charge in [0.25, 0.3) is 0 Å². The molecule has 0 fully saturated rings. The molecule has 4 nitrogen and oxygen atoms in total. The molecule has 0 aliphatic heterocycles. The number of nitrogens with two attached hydrogens (primary N) is 1. The van der Waals surface area contributed by atoms with Gasteiger partial charge in [0.2, 0.25) is 0 Å². The molecule has 0 saturated carbocycles. The third-order valence-corrected chi connectivity index (χ3v) is 3.38. The van der Waals surface area contributed by atoms with Crippen LogP contribution in [0.2, 0.25) is 0 Å². The first-order chi connectivity index (χ1) is 8.13. The summed E-state index contributed by atoms with van der Waals surface area (Å²) in [4.78, 5) is 0. The fourth-order valence-corrected chi connectivity index (χ4v) is 2.52. The molecule has 0 aromatic heterocycles. The molecule has 1 aromatic rings. The van der Waals surface area contributed by atoms with E-state index in [-0.39, 0.29) is 5.84 Å². The Bertz CT molecular complexity index is 396. The maximum atomic E-state index is 8.37. The Morgan fingerprint density at radius 2 is 2.12 bits per heavy atom. The Hall–Kier alpha value is -0.750. The largest absolute Gasteiger partial charge is 0.409 e. The van der Waals surface area contributed by atoms with Crippen molar-refractivity contribution < 1.29 is 5.21 Å². The first-order valence-corrected chi connectivity index (χ1v) is 6.87. The van der Waals surface area contributed by atoms with Crippen molar-refractivity contribution in [2.45, 2.75) is 19.3 Å². The van der Waals surface area contributed by atoms with E-state index in [1.807, 2.05) is 18.2 Å². The lowest BCUT2D eigenvalue weighted by Gasteiger charge is -2.08. The molecule has 0 amide bonds. The van der Waals surface area contributed by atoms with Crippen molar-refractivity contribution in [2.24, 2.45) is 10.9 Å². The number of anilines is 1. The SMILES string of the molecule is NC(CCCCNc1ccc(Br)cc1Br)=NO. The standard InChI is InChI=1S/C11H15Br2N3O/c12-8-4-5-10(9(13)7-8)15-6-2-1-3-11(14)16-17/h4-5,7,15,17H,1-3,6H2,(H2,14,16). The quantitative estimate of drug-likeness (QED) is 0.238. The molecular formula is C11H15Br2N3O. The second kappa shape index (κ2) is 7.55. The Morgan fingerprint density at radius 3 is 2.76 bits per heavy atom. The highest BCUT2D eigenvalue weighted by Gasteiger charge is 1.99. The number of oxime groups is 1. The fourth-order valence-electron chi connectivity index (χ4n) is 1.34. The van der Waals surface area contributed by atoms with Gasteiger partial charge in [-0.05, 0) is 47.0 Å². The highest BCUT2D eigenvalue weighted by Crippen LogP contribution is 2.26. The van der Waals surface area contributed by atoms with Crippen LogP contribution in [-0.2, 0) is 0 Å². The molecule has 1 aromatic carbocycles. The molecule has 0 aliphatic rings. The zero-order valence-corrected chi connectivity index (χ0v) is 12.5. The first kappa shape index (κ1) is 14.3. The van der Waals surface area contributed by atoms with Gasteiger partial charge in [-0.3, -0.25) is 0 Å². The van der Waals surface area contributed by atoms with Gasteiger partial charge >= 0.3 is 0 Å². The normalized spacial score (nSPS) is 11.5. The molecule has 0 radical (unpaired) electrons. The van der Waals surface area contributed by atoms with E-state index in [0.29, 0.717) is 6.42 Å². The van der Waals surface area contributed by atoms with Crippen LogP contribution in [0, 0.1) is 0 Å². The summed E-state index contributed by atoms with van der Waals surface area (Å²) in [6.45, 7) is 0.860. The molecule has 0 atom stereocenters. The molecule has 4 N–H and O–H groups in total. The van der Waals surface area contributed by atoms with Crippen molar-refractivity contribution in [3.05, 3.63) is 27.1 Å². The molecule has 0 bridgehead atoms. The van der Waals surface area contributed by atoms with Crippen molar-refractivity contribution >= 4 is 43.4 Å². The number of nitrogens with one attached hydrogen (secondary N) is 1. The van der Waals surface area contributed by atoms with Crippen LogP contribution in [0.4, 0.5) is 5.69 Å². The second-order valence-corrected chi connectivity index (χ2v) is 5.37. The van der Waals surface area contributed by atoms with Crippen molar-refractivity contribution in [2.75, 3.05) is 11.9 Å². The van der Waals surface area contributed by atoms with Gasteiger partial charge in [0, 0.05) is 27.6 Å². The lowest BCUT2D eigenvalue weighted by atomic mass is 10.2. The molecule has 0 heterocycles. The van der Waals surface area contributed by atoms with Crippen molar-refractivity contribution in [1.29, 1.82) is 0 Å². The fraction of sp³-hybridized carbons (Fsp3) is 0.364. The molecule has 94 valence electrons. The minimum atomic E-state index is 0.287. The van der Waals surface area contributed by atoms with Gasteiger partial charge in [-0.1, -0.05) is 21.1 Å². The molecule has 6 heteroatoms. The molecular weight excluding hydrogens is 350 g/mol. The van der Waals surface area contributed by atoms with Crippen LogP contribution in [0.3, 0.4) is 0 Å². The van der Waals surface area contributed by atoms with E-state index in [9.17, 15) is 0 Å². The van der Waals surface area contributed by atoms with Gasteiger partial charge in [-0.2, -0.15) is 0 Å². The first-order valence-electron chi connectivity index (χ1n) is 5.29. The molecule has 0 spiro atoms. The monoisotopic (exact) mass is 363 g/mol. The average molecular weight is 365 g/mol. The number of amidine groups is 1. The number of unbranched alkanes of at least 4 members (excludes halogenated alkanes) is 1. The third-order valence-electron chi connectivity index (χ3n) is 2.23. The molecule has 0 saturated heterocycles. The van der Waals surface area contributed by atoms with E-state index in [0.717, 1.165) is 34.0 Å². The lowest BCUT2D eigenvalue weighted by molar-refractivity contribution is 0.316. The summed E-state index contributed by atoms with van der Waals surface area (Å²) in [6, 6.07) is 6.00. The summed E-state index contributed by atoms with van der Waals surface area (Å²) in [6.07, 6.45) is 2.50. The van der Waals surface area contributed by atoms with Crippen LogP contribution in [0.25, 0.3) is 0 Å². The summed E-state index contributed by atoms with van der Waals surface area (Å²) in [7, 11) is 0. The second-order valence-electron chi connectivity index (χ2n) is 3.60. The smallest absolute Gasteiger partial charge is 0.139 e. The lowest BCUT2D eigenvalue weighted by Crippen LogP contribution is -2.11. The van der Waals surface area contributed by atoms with Crippen LogP contribution in [0.15, 0.2) is 32.3 Å². The molecule has 1 rings (SSSR count). The highest BCUT2D eigenvalue weighted by atomic mass is 79.9. The zero-order chi connectivity index (χ0) is 12.7. The predicted molar refractivity (Wildman–Crippen MR) is 77.6 cm³/mol. The number of nitrogens with zero attached hydrogens (tertiary/aromatic N) is 1. The van der Waals surface area contributed by atoms with Crippen molar-refractivity contribution in [1.82, 2.24) is 0 Å². The minimum absolute atomic E-state index is 0.287. The molecule has 0 aliphatic carbocycles. The number of rotatable bonds is 6. The number of hydrogen-bond donors (Lipinski definition) is 3. The van der Waals surface area contributed by atoms with Gasteiger partial charge in [-0.15, -0.1) is 0 Å². The average Bonchev–Trinajstić information content (AvgIpc) is 2.30. The topological polar surface area (TPSA) is 70.6 Å². The summed E-state index contributed by atoms with van der Waals surface area (Å²) in [5.74, 6) is 0.287. The Labute approximate surface area is 118 Å². The number of halogens is 2. The molecule has 0 unspecified atom stereocenters. The summed E-state index contributed by atoms with van der Waals surface area (Å²) in [5.41, 5.74) is 6.44. The van der Waals surface area contributed by atoms with E-state index >= 15 is 0 Å². The maximum Gasteiger partial charge on any atom is 0.139 e. The summed E-state index contributed by atoms with van der Waals surface area (Å²) >= 11 is 6.89. The van der Waals surface area contributed by atoms with Crippen molar-refractivity contribution in [3.63, 3.8) is 0 Å². The van der Waals surface area contributed by atoms with E-state index in [4.69, 9.17) is 10.9 Å². The third kappa shape index (κ3) is 5.41. The zero-order valence-electron chi connectivity index (χ0n) is 9.29. The van der Waals surface area contributed by atoms with Crippen LogP contribution >= 0.6 is 31.9 Å². The Balaban J connectivity index is 2.27. The predicted octanol–water partition coefficient (Wildman–Crippen LogP) is 3.54. The van der Waals surface area contributed by atoms with E-state index in [1.165, 1.54) is 0 Å². The Kier molecular flexibility index (Phi) is 6.36. The van der Waals surface area contributed by atoms with E-state index in [2.05, 4.69) is 42.3 Å². The van der Waals surface area contributed by atoms with Crippen LogP contribution < -0.4 is 11.1 Å². The van der Waals surface area contributed by atoms with Gasteiger partial charge in [0.05, 0.1) is 0 Å². The number of benzene rings is 1. The van der Waals surface area contributed by atoms with E-state index < -0.39 is 0 Å². The van der Waals surface area contributed by atoms with Crippen molar-refractivity contribution in [3.8, 4) is 0 Å². The van der Waals surface area contributed by atoms with E-state index in [1.54, 1.807) is 0 Å². The Morgan fingerprint density at radius 1 is 1.35 bits per heavy atom. The van der Waals surface area contributed by atoms with Gasteiger partial charge in [0.15, 0.2) is 0 Å². The van der Waals surface area contributed by atoms with Gasteiger partial charge in [-0.25, -0.2) is 0 Å². The number of hydrogen-bond acceptors (Lipinski definition) is 3. The highest BCUT2D eigenvalue weighted by molar-refractivity contribution is 9.11. The summed E-state index contributed by atoms with van der Waals surface area (Å²) in [5, 5.41) is 14.6. The maximum absolute atomic E-state index is 8.37. The minimum Gasteiger partial charge on any atom is -0.409 e.